The average Bonchev–Trinajstić information content (AvgIpc) is 2.33. The summed E-state index contributed by atoms with van der Waals surface area (Å²) >= 11 is 0. The van der Waals surface area contributed by atoms with Gasteiger partial charge in [0.05, 0.1) is 6.04 Å². The number of nitrogens with one attached hydrogen (secondary N) is 2. The summed E-state index contributed by atoms with van der Waals surface area (Å²) < 4.78 is 0. The van der Waals surface area contributed by atoms with Crippen molar-refractivity contribution in [1.29, 1.82) is 0 Å². The number of imide groups is 1. The maximum absolute atomic E-state index is 11.6. The second-order valence-electron chi connectivity index (χ2n) is 4.80. The van der Waals surface area contributed by atoms with Gasteiger partial charge in [-0.2, -0.15) is 0 Å². The Balaban J connectivity index is 1.98. The Labute approximate surface area is 107 Å². The molecule has 1 aliphatic heterocycles. The number of hydrogen-bond donors (Lipinski definition) is 2. The molecule has 96 valence electrons. The van der Waals surface area contributed by atoms with Gasteiger partial charge >= 0.3 is 0 Å². The van der Waals surface area contributed by atoms with Crippen molar-refractivity contribution < 1.29 is 9.59 Å². The first kappa shape index (κ1) is 12.8. The Hall–Kier alpha value is -1.68. The first-order chi connectivity index (χ1) is 8.56. The van der Waals surface area contributed by atoms with Crippen LogP contribution in [0.15, 0.2) is 24.3 Å². The predicted octanol–water partition coefficient (Wildman–Crippen LogP) is 1.45. The lowest BCUT2D eigenvalue weighted by molar-refractivity contribution is -0.134. The second kappa shape index (κ2) is 5.31. The van der Waals surface area contributed by atoms with Gasteiger partial charge in [0.15, 0.2) is 0 Å². The van der Waals surface area contributed by atoms with Crippen molar-refractivity contribution in [2.45, 2.75) is 38.8 Å². The summed E-state index contributed by atoms with van der Waals surface area (Å²) in [5.41, 5.74) is 2.36. The molecule has 2 amide bonds. The molecule has 0 spiro atoms. The molecule has 0 radical (unpaired) electrons. The van der Waals surface area contributed by atoms with E-state index >= 15 is 0 Å². The molecule has 2 unspecified atom stereocenters. The van der Waals surface area contributed by atoms with Crippen LogP contribution in [0, 0.1) is 6.92 Å². The van der Waals surface area contributed by atoms with Gasteiger partial charge < -0.3 is 0 Å². The van der Waals surface area contributed by atoms with Crippen molar-refractivity contribution in [2.75, 3.05) is 0 Å². The molecular weight excluding hydrogens is 228 g/mol. The molecule has 18 heavy (non-hydrogen) atoms. The number of carbonyl (C=O) groups is 2. The molecule has 0 aromatic heterocycles. The molecule has 2 rings (SSSR count). The van der Waals surface area contributed by atoms with E-state index in [1.807, 2.05) is 13.8 Å². The Kier molecular flexibility index (Phi) is 3.77. The van der Waals surface area contributed by atoms with Crippen LogP contribution < -0.4 is 10.6 Å². The minimum absolute atomic E-state index is 0.0922. The van der Waals surface area contributed by atoms with Crippen molar-refractivity contribution in [1.82, 2.24) is 10.6 Å². The summed E-state index contributed by atoms with van der Waals surface area (Å²) in [6.07, 6.45) is 0.977. The number of benzene rings is 1. The number of aryl methyl sites for hydroxylation is 1. The standard InChI is InChI=1S/C14H18N2O2/c1-9-3-5-11(6-4-9)10(2)15-12-7-8-13(17)16-14(12)18/h3-6,10,12,15H,7-8H2,1-2H3,(H,16,17,18). The number of piperidine rings is 1. The lowest BCUT2D eigenvalue weighted by Crippen LogP contribution is -2.51. The van der Waals surface area contributed by atoms with Crippen LogP contribution in [0.5, 0.6) is 0 Å². The highest BCUT2D eigenvalue weighted by atomic mass is 16.2. The third-order valence-electron chi connectivity index (χ3n) is 3.27. The minimum atomic E-state index is -0.279. The van der Waals surface area contributed by atoms with Crippen molar-refractivity contribution in [2.24, 2.45) is 0 Å². The van der Waals surface area contributed by atoms with Crippen LogP contribution in [0.3, 0.4) is 0 Å². The van der Waals surface area contributed by atoms with Crippen LogP contribution in [0.4, 0.5) is 0 Å². The molecule has 1 saturated heterocycles. The lowest BCUT2D eigenvalue weighted by Gasteiger charge is -2.25. The molecule has 2 N–H and O–H groups in total. The van der Waals surface area contributed by atoms with Crippen LogP contribution in [-0.4, -0.2) is 17.9 Å². The molecule has 1 fully saturated rings. The molecule has 1 aliphatic rings. The van der Waals surface area contributed by atoms with E-state index in [1.54, 1.807) is 0 Å². The third kappa shape index (κ3) is 2.96. The monoisotopic (exact) mass is 246 g/mol. The molecule has 0 aliphatic carbocycles. The fourth-order valence-corrected chi connectivity index (χ4v) is 2.11. The van der Waals surface area contributed by atoms with Gasteiger partial charge in [0.25, 0.3) is 0 Å². The van der Waals surface area contributed by atoms with E-state index in [1.165, 1.54) is 5.56 Å². The van der Waals surface area contributed by atoms with Gasteiger partial charge in [-0.15, -0.1) is 0 Å². The van der Waals surface area contributed by atoms with E-state index in [0.29, 0.717) is 12.8 Å². The summed E-state index contributed by atoms with van der Waals surface area (Å²) in [7, 11) is 0. The van der Waals surface area contributed by atoms with Gasteiger partial charge in [0.1, 0.15) is 0 Å². The number of amides is 2. The smallest absolute Gasteiger partial charge is 0.243 e. The fourth-order valence-electron chi connectivity index (χ4n) is 2.11. The van der Waals surface area contributed by atoms with E-state index < -0.39 is 0 Å². The highest BCUT2D eigenvalue weighted by molar-refractivity contribution is 6.00. The van der Waals surface area contributed by atoms with Gasteiger partial charge in [-0.3, -0.25) is 20.2 Å². The molecule has 0 saturated carbocycles. The van der Waals surface area contributed by atoms with Crippen LogP contribution in [0.2, 0.25) is 0 Å². The van der Waals surface area contributed by atoms with Crippen molar-refractivity contribution in [3.63, 3.8) is 0 Å². The van der Waals surface area contributed by atoms with Gasteiger partial charge in [-0.1, -0.05) is 29.8 Å². The number of carbonyl (C=O) groups excluding carboxylic acids is 2. The molecular formula is C14H18N2O2. The SMILES string of the molecule is Cc1ccc(C(C)NC2CCC(=O)NC2=O)cc1. The first-order valence-corrected chi connectivity index (χ1v) is 6.22. The average molecular weight is 246 g/mol. The lowest BCUT2D eigenvalue weighted by atomic mass is 10.0. The minimum Gasteiger partial charge on any atom is -0.299 e. The topological polar surface area (TPSA) is 58.2 Å². The summed E-state index contributed by atoms with van der Waals surface area (Å²) in [4.78, 5) is 22.7. The van der Waals surface area contributed by atoms with Crippen molar-refractivity contribution >= 4 is 11.8 Å². The Bertz CT molecular complexity index is 453. The highest BCUT2D eigenvalue weighted by Gasteiger charge is 2.27. The molecule has 0 bridgehead atoms. The number of rotatable bonds is 3. The first-order valence-electron chi connectivity index (χ1n) is 6.22. The van der Waals surface area contributed by atoms with E-state index in [0.717, 1.165) is 5.56 Å². The van der Waals surface area contributed by atoms with E-state index in [4.69, 9.17) is 0 Å². The van der Waals surface area contributed by atoms with E-state index in [-0.39, 0.29) is 23.9 Å². The summed E-state index contributed by atoms with van der Waals surface area (Å²) in [5.74, 6) is -0.397. The molecule has 4 heteroatoms. The van der Waals surface area contributed by atoms with Crippen LogP contribution in [0.25, 0.3) is 0 Å². The van der Waals surface area contributed by atoms with Gasteiger partial charge in [-0.25, -0.2) is 0 Å². The van der Waals surface area contributed by atoms with Crippen LogP contribution >= 0.6 is 0 Å². The predicted molar refractivity (Wildman–Crippen MR) is 68.9 cm³/mol. The Morgan fingerprint density at radius 2 is 1.94 bits per heavy atom. The van der Waals surface area contributed by atoms with Crippen molar-refractivity contribution in [3.8, 4) is 0 Å². The van der Waals surface area contributed by atoms with Crippen LogP contribution in [-0.2, 0) is 9.59 Å². The highest BCUT2D eigenvalue weighted by Crippen LogP contribution is 2.16. The zero-order valence-electron chi connectivity index (χ0n) is 10.7. The quantitative estimate of drug-likeness (QED) is 0.794. The summed E-state index contributed by atoms with van der Waals surface area (Å²) in [6, 6.07) is 8.03. The van der Waals surface area contributed by atoms with Crippen LogP contribution in [0.1, 0.15) is 36.9 Å². The molecule has 1 heterocycles. The summed E-state index contributed by atoms with van der Waals surface area (Å²) in [6.45, 7) is 4.07. The zero-order valence-corrected chi connectivity index (χ0v) is 10.7. The molecule has 1 aromatic rings. The van der Waals surface area contributed by atoms with E-state index in [2.05, 4.69) is 34.9 Å². The molecule has 1 aromatic carbocycles. The normalized spacial score (nSPS) is 21.6. The Morgan fingerprint density at radius 1 is 1.28 bits per heavy atom. The molecule has 2 atom stereocenters. The maximum atomic E-state index is 11.6. The number of hydrogen-bond acceptors (Lipinski definition) is 3. The van der Waals surface area contributed by atoms with Crippen molar-refractivity contribution in [3.05, 3.63) is 35.4 Å². The summed E-state index contributed by atoms with van der Waals surface area (Å²) in [5, 5.41) is 5.62. The maximum Gasteiger partial charge on any atom is 0.243 e. The van der Waals surface area contributed by atoms with Gasteiger partial charge in [0, 0.05) is 12.5 Å². The van der Waals surface area contributed by atoms with Gasteiger partial charge in [0.2, 0.25) is 11.8 Å². The fraction of sp³-hybridized carbons (Fsp3) is 0.429. The molecule has 4 nitrogen and oxygen atoms in total. The third-order valence-corrected chi connectivity index (χ3v) is 3.27. The zero-order chi connectivity index (χ0) is 13.1. The van der Waals surface area contributed by atoms with E-state index in [9.17, 15) is 9.59 Å². The van der Waals surface area contributed by atoms with Gasteiger partial charge in [-0.05, 0) is 25.8 Å². The largest absolute Gasteiger partial charge is 0.299 e. The Morgan fingerprint density at radius 3 is 2.56 bits per heavy atom. The second-order valence-corrected chi connectivity index (χ2v) is 4.80.